The molecule has 3 atom stereocenters. The number of amides is 3. The lowest BCUT2D eigenvalue weighted by molar-refractivity contribution is 0.0371. The maximum absolute atomic E-state index is 13.4. The summed E-state index contributed by atoms with van der Waals surface area (Å²) in [6.45, 7) is 3.96. The summed E-state index contributed by atoms with van der Waals surface area (Å²) < 4.78 is 42.8. The first-order valence-corrected chi connectivity index (χ1v) is 14.0. The van der Waals surface area contributed by atoms with Crippen LogP contribution in [0.5, 0.6) is 17.2 Å². The molecule has 0 saturated heterocycles. The second-order valence-electron chi connectivity index (χ2n) is 9.59. The van der Waals surface area contributed by atoms with Crippen LogP contribution in [0.15, 0.2) is 36.4 Å². The molecule has 2 aromatic carbocycles. The summed E-state index contributed by atoms with van der Waals surface area (Å²) in [5.74, 6) is 0.809. The molecule has 2 aliphatic rings. The number of fused-ring (bicyclic) bond motifs is 2. The van der Waals surface area contributed by atoms with Gasteiger partial charge in [-0.25, -0.2) is 13.2 Å². The van der Waals surface area contributed by atoms with Crippen LogP contribution in [0.1, 0.15) is 24.2 Å². The third-order valence-electron chi connectivity index (χ3n) is 6.39. The number of hydrogen-bond donors (Lipinski definition) is 3. The van der Waals surface area contributed by atoms with Crippen molar-refractivity contribution in [3.05, 3.63) is 42.0 Å². The van der Waals surface area contributed by atoms with Crippen molar-refractivity contribution in [2.75, 3.05) is 49.8 Å². The number of urea groups is 1. The van der Waals surface area contributed by atoms with Gasteiger partial charge in [-0.2, -0.15) is 0 Å². The summed E-state index contributed by atoms with van der Waals surface area (Å²) in [7, 11) is -1.93. The highest BCUT2D eigenvalue weighted by molar-refractivity contribution is 7.92. The van der Waals surface area contributed by atoms with Gasteiger partial charge >= 0.3 is 6.03 Å². The van der Waals surface area contributed by atoms with Crippen LogP contribution < -0.4 is 24.2 Å². The minimum absolute atomic E-state index is 0.130. The topological polar surface area (TPSA) is 147 Å². The molecule has 0 spiro atoms. The van der Waals surface area contributed by atoms with E-state index in [9.17, 15) is 23.1 Å². The summed E-state index contributed by atoms with van der Waals surface area (Å²) in [6.07, 6.45) is 0.501. The van der Waals surface area contributed by atoms with Crippen molar-refractivity contribution in [1.82, 2.24) is 9.80 Å². The molecule has 38 heavy (non-hydrogen) atoms. The van der Waals surface area contributed by atoms with Crippen LogP contribution in [-0.2, 0) is 10.0 Å². The number of ether oxygens (including phenoxy) is 3. The van der Waals surface area contributed by atoms with Crippen molar-refractivity contribution in [2.45, 2.75) is 26.0 Å². The first kappa shape index (κ1) is 27.3. The summed E-state index contributed by atoms with van der Waals surface area (Å²) in [5, 5.41) is 12.6. The van der Waals surface area contributed by atoms with E-state index < -0.39 is 28.1 Å². The fourth-order valence-electron chi connectivity index (χ4n) is 4.26. The van der Waals surface area contributed by atoms with Gasteiger partial charge in [0.15, 0.2) is 11.5 Å². The predicted molar refractivity (Wildman–Crippen MR) is 140 cm³/mol. The standard InChI is InChI=1S/C25H32N4O8S/c1-15-11-29(16(2)13-30)24(31)19-9-18(27-38(4,33)34)6-7-20(19)37-23(15)12-28(3)25(32)26-17-5-8-21-22(10-17)36-14-35-21/h5-10,15-16,23,27,30H,11-14H2,1-4H3,(H,26,32)/t15-,16-,23-/m1/s1. The normalized spacial score (nSPS) is 19.5. The van der Waals surface area contributed by atoms with Gasteiger partial charge < -0.3 is 34.4 Å². The molecule has 13 heteroatoms. The van der Waals surface area contributed by atoms with Gasteiger partial charge in [-0.05, 0) is 37.3 Å². The second-order valence-corrected chi connectivity index (χ2v) is 11.3. The Morgan fingerprint density at radius 2 is 1.84 bits per heavy atom. The summed E-state index contributed by atoms with van der Waals surface area (Å²) in [5.41, 5.74) is 0.913. The van der Waals surface area contributed by atoms with Gasteiger partial charge in [0.05, 0.1) is 31.0 Å². The molecular weight excluding hydrogens is 516 g/mol. The van der Waals surface area contributed by atoms with Crippen LogP contribution >= 0.6 is 0 Å². The molecule has 4 rings (SSSR count). The third-order valence-corrected chi connectivity index (χ3v) is 7.00. The minimum Gasteiger partial charge on any atom is -0.487 e. The zero-order valence-corrected chi connectivity index (χ0v) is 22.4. The van der Waals surface area contributed by atoms with E-state index in [1.54, 1.807) is 32.2 Å². The van der Waals surface area contributed by atoms with Crippen LogP contribution in [0, 0.1) is 5.92 Å². The van der Waals surface area contributed by atoms with Crippen molar-refractivity contribution >= 4 is 33.3 Å². The Hall–Kier alpha value is -3.71. The number of benzene rings is 2. The van der Waals surface area contributed by atoms with E-state index in [0.717, 1.165) is 6.26 Å². The number of carbonyl (C=O) groups is 2. The zero-order chi connectivity index (χ0) is 27.6. The average molecular weight is 549 g/mol. The molecule has 2 heterocycles. The van der Waals surface area contributed by atoms with Crippen LogP contribution in [0.2, 0.25) is 0 Å². The van der Waals surface area contributed by atoms with E-state index in [1.807, 2.05) is 6.92 Å². The molecule has 0 radical (unpaired) electrons. The van der Waals surface area contributed by atoms with Crippen molar-refractivity contribution in [3.63, 3.8) is 0 Å². The number of carbonyl (C=O) groups excluding carboxylic acids is 2. The summed E-state index contributed by atoms with van der Waals surface area (Å²) >= 11 is 0. The number of likely N-dealkylation sites (N-methyl/N-ethyl adjacent to an activating group) is 1. The number of rotatable bonds is 7. The number of hydrogen-bond acceptors (Lipinski definition) is 8. The van der Waals surface area contributed by atoms with Crippen LogP contribution in [0.25, 0.3) is 0 Å². The Morgan fingerprint density at radius 1 is 1.16 bits per heavy atom. The van der Waals surface area contributed by atoms with Crippen LogP contribution in [0.3, 0.4) is 0 Å². The predicted octanol–water partition coefficient (Wildman–Crippen LogP) is 2.17. The van der Waals surface area contributed by atoms with Gasteiger partial charge in [-0.3, -0.25) is 9.52 Å². The molecule has 3 amide bonds. The van der Waals surface area contributed by atoms with Crippen molar-refractivity contribution < 1.29 is 37.3 Å². The van der Waals surface area contributed by atoms with E-state index in [1.165, 1.54) is 28.0 Å². The lowest BCUT2D eigenvalue weighted by atomic mass is 9.99. The zero-order valence-electron chi connectivity index (χ0n) is 21.6. The SMILES string of the molecule is C[C@@H]1CN([C@H](C)CO)C(=O)c2cc(NS(C)(=O)=O)ccc2O[C@@H]1CN(C)C(=O)Nc1ccc2c(c1)OCO2. The molecule has 0 aliphatic carbocycles. The molecule has 206 valence electrons. The number of sulfonamides is 1. The fourth-order valence-corrected chi connectivity index (χ4v) is 4.82. The van der Waals surface area contributed by atoms with Gasteiger partial charge in [0.25, 0.3) is 5.91 Å². The first-order valence-electron chi connectivity index (χ1n) is 12.1. The van der Waals surface area contributed by atoms with E-state index in [-0.39, 0.29) is 55.4 Å². The second kappa shape index (κ2) is 11.0. The molecular formula is C25H32N4O8S. The maximum Gasteiger partial charge on any atom is 0.321 e. The van der Waals surface area contributed by atoms with Gasteiger partial charge in [0.2, 0.25) is 16.8 Å². The number of aliphatic hydroxyl groups is 1. The van der Waals surface area contributed by atoms with Crippen molar-refractivity contribution in [1.29, 1.82) is 0 Å². The Bertz CT molecular complexity index is 1320. The largest absolute Gasteiger partial charge is 0.487 e. The highest BCUT2D eigenvalue weighted by atomic mass is 32.2. The third kappa shape index (κ3) is 6.22. The first-order chi connectivity index (χ1) is 17.9. The van der Waals surface area contributed by atoms with Crippen molar-refractivity contribution in [3.8, 4) is 17.2 Å². The quantitative estimate of drug-likeness (QED) is 0.477. The molecule has 12 nitrogen and oxygen atoms in total. The molecule has 0 aromatic heterocycles. The Morgan fingerprint density at radius 3 is 2.55 bits per heavy atom. The highest BCUT2D eigenvalue weighted by Gasteiger charge is 2.34. The average Bonchev–Trinajstić information content (AvgIpc) is 3.33. The molecule has 0 bridgehead atoms. The monoisotopic (exact) mass is 548 g/mol. The molecule has 3 N–H and O–H groups in total. The number of aliphatic hydroxyl groups excluding tert-OH is 1. The smallest absolute Gasteiger partial charge is 0.321 e. The van der Waals surface area contributed by atoms with E-state index in [0.29, 0.717) is 17.2 Å². The van der Waals surface area contributed by atoms with Crippen LogP contribution in [-0.4, -0.2) is 87.2 Å². The number of nitrogens with zero attached hydrogens (tertiary/aromatic N) is 2. The van der Waals surface area contributed by atoms with Gasteiger partial charge in [-0.15, -0.1) is 0 Å². The maximum atomic E-state index is 13.4. The number of anilines is 2. The molecule has 0 fully saturated rings. The van der Waals surface area contributed by atoms with E-state index >= 15 is 0 Å². The number of nitrogens with one attached hydrogen (secondary N) is 2. The Kier molecular flexibility index (Phi) is 7.88. The van der Waals surface area contributed by atoms with Crippen molar-refractivity contribution in [2.24, 2.45) is 5.92 Å². The lowest BCUT2D eigenvalue weighted by Crippen LogP contribution is -2.50. The van der Waals surface area contributed by atoms with Gasteiger partial charge in [0.1, 0.15) is 11.9 Å². The van der Waals surface area contributed by atoms with E-state index in [2.05, 4.69) is 10.0 Å². The fraction of sp³-hybridized carbons (Fsp3) is 0.440. The summed E-state index contributed by atoms with van der Waals surface area (Å²) in [6, 6.07) is 8.70. The Labute approximate surface area is 221 Å². The molecule has 2 aromatic rings. The molecule has 0 saturated carbocycles. The summed E-state index contributed by atoms with van der Waals surface area (Å²) in [4.78, 5) is 29.4. The van der Waals surface area contributed by atoms with Gasteiger partial charge in [-0.1, -0.05) is 6.92 Å². The molecule has 0 unspecified atom stereocenters. The van der Waals surface area contributed by atoms with Gasteiger partial charge in [0, 0.05) is 37.0 Å². The lowest BCUT2D eigenvalue weighted by Gasteiger charge is -2.38. The van der Waals surface area contributed by atoms with Crippen LogP contribution in [0.4, 0.5) is 16.2 Å². The van der Waals surface area contributed by atoms with E-state index in [4.69, 9.17) is 14.2 Å². The minimum atomic E-state index is -3.57. The highest BCUT2D eigenvalue weighted by Crippen LogP contribution is 2.34. The Balaban J connectivity index is 1.56. The molecule has 2 aliphatic heterocycles.